The number of ether oxygens (including phenoxy) is 4. The zero-order valence-electron chi connectivity index (χ0n) is 24.2. The van der Waals surface area contributed by atoms with Crippen LogP contribution in [0.2, 0.25) is 0 Å². The minimum Gasteiger partial charge on any atom is -0.493 e. The van der Waals surface area contributed by atoms with E-state index in [1.165, 1.54) is 0 Å². The van der Waals surface area contributed by atoms with Gasteiger partial charge in [-0.15, -0.1) is 0 Å². The summed E-state index contributed by atoms with van der Waals surface area (Å²) in [4.78, 5) is 0. The Balaban J connectivity index is 1.52. The molecule has 0 amide bonds. The molecule has 0 unspecified atom stereocenters. The summed E-state index contributed by atoms with van der Waals surface area (Å²) >= 11 is 0. The van der Waals surface area contributed by atoms with E-state index in [1.807, 2.05) is 24.3 Å². The highest BCUT2D eigenvalue weighted by molar-refractivity contribution is 6.02. The summed E-state index contributed by atoms with van der Waals surface area (Å²) < 4.78 is 22.5. The molecule has 0 aliphatic rings. The molecule has 0 heterocycles. The fraction of sp³-hybridized carbons (Fsp3) is 0.105. The second-order valence-corrected chi connectivity index (χ2v) is 10.1. The van der Waals surface area contributed by atoms with Crippen molar-refractivity contribution in [3.05, 3.63) is 120 Å². The summed E-state index contributed by atoms with van der Waals surface area (Å²) in [6.45, 7) is 0. The smallest absolute Gasteiger partial charge is 0.161 e. The van der Waals surface area contributed by atoms with E-state index < -0.39 is 0 Å². The van der Waals surface area contributed by atoms with Gasteiger partial charge in [-0.05, 0) is 103 Å². The van der Waals surface area contributed by atoms with E-state index in [4.69, 9.17) is 18.9 Å². The maximum absolute atomic E-state index is 5.63. The Morgan fingerprint density at radius 2 is 0.762 bits per heavy atom. The average Bonchev–Trinajstić information content (AvgIpc) is 3.05. The predicted molar refractivity (Wildman–Crippen MR) is 174 cm³/mol. The molecule has 6 aromatic carbocycles. The van der Waals surface area contributed by atoms with Crippen LogP contribution in [0.25, 0.3) is 56.0 Å². The van der Waals surface area contributed by atoms with Gasteiger partial charge in [-0.2, -0.15) is 0 Å². The molecule has 0 aliphatic heterocycles. The van der Waals surface area contributed by atoms with Crippen LogP contribution in [0, 0.1) is 0 Å². The van der Waals surface area contributed by atoms with Crippen molar-refractivity contribution in [2.45, 2.75) is 0 Å². The maximum atomic E-state index is 5.63. The molecule has 0 N–H and O–H groups in total. The van der Waals surface area contributed by atoms with E-state index >= 15 is 0 Å². The molecule has 0 aliphatic carbocycles. The minimum atomic E-state index is 0.705. The molecular formula is C38H32O4. The van der Waals surface area contributed by atoms with Crippen LogP contribution in [-0.4, -0.2) is 28.4 Å². The summed E-state index contributed by atoms with van der Waals surface area (Å²) in [5.41, 5.74) is 6.72. The molecule has 0 bridgehead atoms. The van der Waals surface area contributed by atoms with Crippen molar-refractivity contribution < 1.29 is 18.9 Å². The third-order valence-corrected chi connectivity index (χ3v) is 7.60. The monoisotopic (exact) mass is 552 g/mol. The fourth-order valence-corrected chi connectivity index (χ4v) is 5.52. The number of fused-ring (bicyclic) bond motifs is 2. The van der Waals surface area contributed by atoms with Gasteiger partial charge >= 0.3 is 0 Å². The van der Waals surface area contributed by atoms with Crippen LogP contribution in [0.15, 0.2) is 109 Å². The van der Waals surface area contributed by atoms with Crippen molar-refractivity contribution in [3.8, 4) is 45.3 Å². The van der Waals surface area contributed by atoms with Crippen molar-refractivity contribution in [2.75, 3.05) is 28.4 Å². The molecule has 0 aromatic heterocycles. The first-order valence-electron chi connectivity index (χ1n) is 13.8. The topological polar surface area (TPSA) is 36.9 Å². The lowest BCUT2D eigenvalue weighted by Gasteiger charge is -2.14. The van der Waals surface area contributed by atoms with Gasteiger partial charge in [-0.1, -0.05) is 72.8 Å². The van der Waals surface area contributed by atoms with Gasteiger partial charge in [-0.3, -0.25) is 0 Å². The molecule has 4 heteroatoms. The zero-order chi connectivity index (χ0) is 29.1. The quantitative estimate of drug-likeness (QED) is 0.176. The van der Waals surface area contributed by atoms with Crippen LogP contribution in [0.4, 0.5) is 0 Å². The molecule has 42 heavy (non-hydrogen) atoms. The second kappa shape index (κ2) is 11.7. The molecular weight excluding hydrogens is 520 g/mol. The normalized spacial score (nSPS) is 11.2. The predicted octanol–water partition coefficient (Wildman–Crippen LogP) is 9.53. The van der Waals surface area contributed by atoms with Gasteiger partial charge in [0.2, 0.25) is 0 Å². The molecule has 0 saturated heterocycles. The van der Waals surface area contributed by atoms with Crippen LogP contribution < -0.4 is 18.9 Å². The van der Waals surface area contributed by atoms with Crippen molar-refractivity contribution in [3.63, 3.8) is 0 Å². The second-order valence-electron chi connectivity index (χ2n) is 10.1. The Morgan fingerprint density at radius 1 is 0.405 bits per heavy atom. The van der Waals surface area contributed by atoms with Crippen molar-refractivity contribution in [2.24, 2.45) is 0 Å². The molecule has 6 rings (SSSR count). The maximum Gasteiger partial charge on any atom is 0.161 e. The van der Waals surface area contributed by atoms with Crippen molar-refractivity contribution in [1.82, 2.24) is 0 Å². The molecule has 208 valence electrons. The van der Waals surface area contributed by atoms with Gasteiger partial charge in [0.1, 0.15) is 0 Å². The van der Waals surface area contributed by atoms with Crippen LogP contribution in [-0.2, 0) is 0 Å². The number of benzene rings is 6. The van der Waals surface area contributed by atoms with Gasteiger partial charge in [0.15, 0.2) is 23.0 Å². The van der Waals surface area contributed by atoms with Crippen molar-refractivity contribution >= 4 is 33.7 Å². The van der Waals surface area contributed by atoms with Gasteiger partial charge in [0, 0.05) is 0 Å². The van der Waals surface area contributed by atoms with E-state index in [0.29, 0.717) is 23.0 Å². The third-order valence-electron chi connectivity index (χ3n) is 7.60. The molecule has 6 aromatic rings. The SMILES string of the molecule is COc1cc2cc(/C=C/c3cc(-c4ccccc4)c4cc(OC)c(OC)cc4c3)cc(-c3ccccc3)c2cc1OC. The molecule has 0 spiro atoms. The largest absolute Gasteiger partial charge is 0.493 e. The third kappa shape index (κ3) is 5.15. The fourth-order valence-electron chi connectivity index (χ4n) is 5.52. The van der Waals surface area contributed by atoms with Crippen LogP contribution >= 0.6 is 0 Å². The first kappa shape index (κ1) is 27.0. The van der Waals surface area contributed by atoms with Crippen LogP contribution in [0.1, 0.15) is 11.1 Å². The summed E-state index contributed by atoms with van der Waals surface area (Å²) in [7, 11) is 6.67. The van der Waals surface area contributed by atoms with Gasteiger partial charge in [0.05, 0.1) is 28.4 Å². The number of rotatable bonds is 8. The van der Waals surface area contributed by atoms with Gasteiger partial charge in [-0.25, -0.2) is 0 Å². The Morgan fingerprint density at radius 3 is 1.12 bits per heavy atom. The molecule has 0 fully saturated rings. The molecule has 0 radical (unpaired) electrons. The lowest BCUT2D eigenvalue weighted by molar-refractivity contribution is 0.356. The Kier molecular flexibility index (Phi) is 7.52. The lowest BCUT2D eigenvalue weighted by atomic mass is 9.93. The van der Waals surface area contributed by atoms with E-state index in [2.05, 4.69) is 97.1 Å². The molecule has 0 saturated carbocycles. The number of methoxy groups -OCH3 is 4. The molecule has 0 atom stereocenters. The van der Waals surface area contributed by atoms with Crippen LogP contribution in [0.5, 0.6) is 23.0 Å². The standard InChI is InChI=1S/C38H32O4/c1-39-35-21-29-17-25(19-31(27-11-7-5-8-12-27)33(29)23-37(35)41-3)15-16-26-18-30-22-36(40-2)38(42-4)24-34(30)32(20-26)28-13-9-6-10-14-28/h5-24H,1-4H3/b16-15+. The van der Waals surface area contributed by atoms with E-state index in [-0.39, 0.29) is 0 Å². The summed E-state index contributed by atoms with van der Waals surface area (Å²) in [5.74, 6) is 2.83. The summed E-state index contributed by atoms with van der Waals surface area (Å²) in [5, 5.41) is 4.37. The van der Waals surface area contributed by atoms with Gasteiger partial charge in [0.25, 0.3) is 0 Å². The lowest BCUT2D eigenvalue weighted by Crippen LogP contribution is -1.92. The minimum absolute atomic E-state index is 0.705. The van der Waals surface area contributed by atoms with Crippen molar-refractivity contribution in [1.29, 1.82) is 0 Å². The van der Waals surface area contributed by atoms with E-state index in [9.17, 15) is 0 Å². The first-order valence-corrected chi connectivity index (χ1v) is 13.8. The number of hydrogen-bond acceptors (Lipinski definition) is 4. The first-order chi connectivity index (χ1) is 20.6. The Bertz CT molecular complexity index is 1770. The Labute approximate surface area is 246 Å². The van der Waals surface area contributed by atoms with Crippen LogP contribution in [0.3, 0.4) is 0 Å². The number of hydrogen-bond donors (Lipinski definition) is 0. The summed E-state index contributed by atoms with van der Waals surface area (Å²) in [6, 6.07) is 37.9. The van der Waals surface area contributed by atoms with E-state index in [0.717, 1.165) is 54.9 Å². The highest BCUT2D eigenvalue weighted by atomic mass is 16.5. The Hall–Kier alpha value is -5.22. The van der Waals surface area contributed by atoms with E-state index in [1.54, 1.807) is 28.4 Å². The summed E-state index contributed by atoms with van der Waals surface area (Å²) in [6.07, 6.45) is 4.33. The van der Waals surface area contributed by atoms with Gasteiger partial charge < -0.3 is 18.9 Å². The molecule has 4 nitrogen and oxygen atoms in total. The average molecular weight is 553 g/mol. The zero-order valence-corrected chi connectivity index (χ0v) is 24.2. The highest BCUT2D eigenvalue weighted by Gasteiger charge is 2.13. The highest BCUT2D eigenvalue weighted by Crippen LogP contribution is 2.40.